The van der Waals surface area contributed by atoms with Crippen LogP contribution in [0.2, 0.25) is 0 Å². The number of anilines is 4. The molecule has 2 aromatic carbocycles. The lowest BCUT2D eigenvalue weighted by atomic mass is 10.1. The van der Waals surface area contributed by atoms with Crippen LogP contribution in [0.5, 0.6) is 0 Å². The van der Waals surface area contributed by atoms with Crippen LogP contribution < -0.4 is 21.3 Å². The first-order chi connectivity index (χ1) is 45.2. The number of thiophene rings is 4. The van der Waals surface area contributed by atoms with Gasteiger partial charge in [-0.05, 0) is 164 Å². The summed E-state index contributed by atoms with van der Waals surface area (Å²) in [4.78, 5) is 50.9. The Morgan fingerprint density at radius 1 is 0.543 bits per heavy atom. The van der Waals surface area contributed by atoms with Crippen molar-refractivity contribution in [3.8, 4) is 5.69 Å². The lowest BCUT2D eigenvalue weighted by Gasteiger charge is -2.16. The molecule has 0 spiro atoms. The maximum atomic E-state index is 4.58. The molecule has 14 heterocycles. The number of nitrogens with one attached hydrogen (secondary N) is 5. The molecule has 2 fully saturated rings. The van der Waals surface area contributed by atoms with Crippen molar-refractivity contribution in [2.75, 3.05) is 21.3 Å². The van der Waals surface area contributed by atoms with Crippen LogP contribution in [0.15, 0.2) is 169 Å². The predicted octanol–water partition coefficient (Wildman–Crippen LogP) is 15.1. The Kier molecular flexibility index (Phi) is 16.1. The van der Waals surface area contributed by atoms with Crippen molar-refractivity contribution in [1.82, 2.24) is 88.8 Å². The molecule has 0 bridgehead atoms. The van der Waals surface area contributed by atoms with E-state index >= 15 is 0 Å². The number of imidazole rings is 2. The van der Waals surface area contributed by atoms with Crippen LogP contribution in [-0.4, -0.2) is 88.8 Å². The molecule has 0 amide bonds. The maximum absolute atomic E-state index is 4.58. The third-order valence-corrected chi connectivity index (χ3v) is 19.6. The van der Waals surface area contributed by atoms with E-state index in [1.54, 1.807) is 77.0 Å². The zero-order valence-electron chi connectivity index (χ0n) is 50.3. The van der Waals surface area contributed by atoms with Crippen molar-refractivity contribution in [3.05, 3.63) is 208 Å². The van der Waals surface area contributed by atoms with Crippen molar-refractivity contribution in [2.45, 2.75) is 89.9 Å². The second-order valence-electron chi connectivity index (χ2n) is 22.7. The molecule has 2 aliphatic carbocycles. The van der Waals surface area contributed by atoms with Gasteiger partial charge in [-0.1, -0.05) is 29.5 Å². The number of aromatic nitrogens is 18. The summed E-state index contributed by atoms with van der Waals surface area (Å²) in [6.45, 7) is 9.07. The van der Waals surface area contributed by atoms with Gasteiger partial charge in [0.1, 0.15) is 85.7 Å². The number of hydrogen-bond acceptors (Lipinski definition) is 22. The molecule has 16 aromatic rings. The van der Waals surface area contributed by atoms with E-state index < -0.39 is 0 Å². The van der Waals surface area contributed by atoms with Crippen LogP contribution >= 0.6 is 45.3 Å². The largest absolute Gasteiger partial charge is 0.365 e. The molecule has 0 radical (unpaired) electrons. The molecule has 22 nitrogen and oxygen atoms in total. The lowest BCUT2D eigenvalue weighted by Crippen LogP contribution is -2.09. The van der Waals surface area contributed by atoms with Crippen molar-refractivity contribution in [1.29, 1.82) is 0 Å². The quantitative estimate of drug-likeness (QED) is 0.0639. The van der Waals surface area contributed by atoms with Crippen molar-refractivity contribution in [2.24, 2.45) is 0 Å². The molecule has 26 heteroatoms. The van der Waals surface area contributed by atoms with Crippen LogP contribution in [0.3, 0.4) is 0 Å². The summed E-state index contributed by atoms with van der Waals surface area (Å²) < 4.78 is 5.98. The number of aromatic amines is 1. The number of benzene rings is 2. The van der Waals surface area contributed by atoms with E-state index in [1.807, 2.05) is 86.4 Å². The van der Waals surface area contributed by atoms with Crippen LogP contribution in [0.1, 0.15) is 116 Å². The minimum absolute atomic E-state index is 0.120. The number of hydrogen-bond donors (Lipinski definition) is 5. The van der Waals surface area contributed by atoms with Gasteiger partial charge >= 0.3 is 0 Å². The van der Waals surface area contributed by atoms with Gasteiger partial charge in [-0.25, -0.2) is 54.5 Å². The van der Waals surface area contributed by atoms with Gasteiger partial charge in [-0.3, -0.25) is 4.40 Å². The predicted molar refractivity (Wildman–Crippen MR) is 367 cm³/mol. The third kappa shape index (κ3) is 12.6. The molecule has 5 N–H and O–H groups in total. The smallest absolute Gasteiger partial charge is 0.160 e. The zero-order chi connectivity index (χ0) is 62.1. The second kappa shape index (κ2) is 25.5. The highest BCUT2D eigenvalue weighted by molar-refractivity contribution is 7.17. The summed E-state index contributed by atoms with van der Waals surface area (Å²) >= 11 is 6.50. The van der Waals surface area contributed by atoms with Crippen molar-refractivity contribution >= 4 is 132 Å². The molecule has 92 heavy (non-hydrogen) atoms. The molecule has 18 rings (SSSR count). The van der Waals surface area contributed by atoms with E-state index in [0.717, 1.165) is 109 Å². The number of aryl methyl sites for hydroxylation is 1. The van der Waals surface area contributed by atoms with Crippen LogP contribution in [0.25, 0.3) is 68.9 Å². The SMILES string of the molecule is CC(Nc1ncnc2sccc12)c1ccc2nncn2c1.CC(Nc1ncnc2sccc12)c1ccn2c(C3CC3)cnc2c1.Cc1nc2ccc(C(C)Nc3ncnc4sccc34)cc2[nH]1.c1nc(NCc2ccc(-n3cc(C4CC4)nn3)cc2)c2ccsc2n1. The van der Waals surface area contributed by atoms with Gasteiger partial charge in [0.05, 0.1) is 68.3 Å². The standard InChI is InChI=1S/C18H16N6S.C18H17N5S.C16H15N5S.C14H12N6S/c1-5-14(24-10-16(22-23-24)13-3-4-13)6-2-12(1)9-19-17-15-7-8-25-18(15)21-11-20-17;1-11(22-17-14-5-7-24-18(14)21-10-20-17)13-4-6-23-15(12-2-3-12)9-19-16(23)8-13;1-9(11-3-4-13-14(7-11)21-10(2)20-13)19-15-12-5-6-22-16(12)18-8-17-15;1-9(10-2-3-12-19-17-8-20(12)6-10)18-13-11-4-5-21-14(11)16-7-15-13/h1-2,5-8,10-11,13H,3-4,9H2,(H,19,20,21);4-12H,2-3H2,1H3,(H,20,21,22);3-9H,1-2H3,(H,20,21)(H,17,18,19);2-9H,1H3,(H,15,16,18). The zero-order valence-corrected chi connectivity index (χ0v) is 53.6. The van der Waals surface area contributed by atoms with E-state index in [4.69, 9.17) is 0 Å². The summed E-state index contributed by atoms with van der Waals surface area (Å²) in [5, 5.41) is 42.6. The maximum Gasteiger partial charge on any atom is 0.160 e. The Labute approximate surface area is 542 Å². The highest BCUT2D eigenvalue weighted by Crippen LogP contribution is 2.41. The number of fused-ring (bicyclic) bond motifs is 7. The first-order valence-corrected chi connectivity index (χ1v) is 33.7. The highest BCUT2D eigenvalue weighted by atomic mass is 32.1. The average Bonchev–Trinajstić information content (AvgIpc) is 2.25. The van der Waals surface area contributed by atoms with Crippen molar-refractivity contribution < 1.29 is 0 Å². The van der Waals surface area contributed by atoms with Gasteiger partial charge in [0.15, 0.2) is 5.65 Å². The topological polar surface area (TPSA) is 258 Å². The monoisotopic (exact) mass is 1290 g/mol. The summed E-state index contributed by atoms with van der Waals surface area (Å²) in [6, 6.07) is 31.6. The van der Waals surface area contributed by atoms with E-state index in [2.05, 4.69) is 189 Å². The summed E-state index contributed by atoms with van der Waals surface area (Å²) in [7, 11) is 0. The highest BCUT2D eigenvalue weighted by Gasteiger charge is 2.28. The van der Waals surface area contributed by atoms with Gasteiger partial charge < -0.3 is 30.7 Å². The van der Waals surface area contributed by atoms with E-state index in [-0.39, 0.29) is 18.1 Å². The Hall–Kier alpha value is -10.3. The Morgan fingerprint density at radius 2 is 1.10 bits per heavy atom. The molecular weight excluding hydrogens is 1230 g/mol. The molecule has 2 saturated carbocycles. The minimum Gasteiger partial charge on any atom is -0.365 e. The molecule has 2 aliphatic rings. The first-order valence-electron chi connectivity index (χ1n) is 30.2. The summed E-state index contributed by atoms with van der Waals surface area (Å²) in [6.07, 6.45) is 21.4. The van der Waals surface area contributed by atoms with Gasteiger partial charge in [0, 0.05) is 42.7 Å². The molecule has 458 valence electrons. The number of H-pyrrole nitrogens is 1. The Morgan fingerprint density at radius 3 is 1.70 bits per heavy atom. The molecular formula is C66H60N22S4. The van der Waals surface area contributed by atoms with E-state index in [0.29, 0.717) is 18.4 Å². The molecule has 3 unspecified atom stereocenters. The Balaban J connectivity index is 0.000000102. The van der Waals surface area contributed by atoms with Crippen LogP contribution in [0.4, 0.5) is 23.3 Å². The lowest BCUT2D eigenvalue weighted by molar-refractivity contribution is 0.796. The summed E-state index contributed by atoms with van der Waals surface area (Å²) in [5.74, 6) is 5.76. The number of nitrogens with zero attached hydrogens (tertiary/aromatic N) is 17. The molecule has 3 atom stereocenters. The van der Waals surface area contributed by atoms with Gasteiger partial charge in [0.2, 0.25) is 0 Å². The molecule has 0 aliphatic heterocycles. The number of pyridine rings is 2. The fourth-order valence-corrected chi connectivity index (χ4v) is 13.9. The van der Waals surface area contributed by atoms with Gasteiger partial charge in [0.25, 0.3) is 0 Å². The van der Waals surface area contributed by atoms with Crippen molar-refractivity contribution in [3.63, 3.8) is 0 Å². The normalized spacial score (nSPS) is 14.0. The summed E-state index contributed by atoms with van der Waals surface area (Å²) in [5.41, 5.74) is 12.1. The van der Waals surface area contributed by atoms with Gasteiger partial charge in [-0.2, -0.15) is 0 Å². The number of rotatable bonds is 15. The average molecular weight is 1290 g/mol. The van der Waals surface area contributed by atoms with E-state index in [9.17, 15) is 0 Å². The third-order valence-electron chi connectivity index (χ3n) is 16.3. The first kappa shape index (κ1) is 58.1. The second-order valence-corrected chi connectivity index (χ2v) is 26.3. The fraction of sp³-hybridized carbons (Fsp3) is 0.212. The minimum atomic E-state index is 0.120. The van der Waals surface area contributed by atoms with Crippen LogP contribution in [-0.2, 0) is 6.54 Å². The molecule has 0 saturated heterocycles. The Bertz CT molecular complexity index is 5200. The molecule has 14 aromatic heterocycles. The van der Waals surface area contributed by atoms with Crippen LogP contribution in [0, 0.1) is 6.92 Å². The fourth-order valence-electron chi connectivity index (χ4n) is 10.9. The van der Waals surface area contributed by atoms with Gasteiger partial charge in [-0.15, -0.1) is 60.6 Å². The van der Waals surface area contributed by atoms with E-state index in [1.165, 1.54) is 48.1 Å².